The van der Waals surface area contributed by atoms with E-state index in [1.54, 1.807) is 0 Å². The van der Waals surface area contributed by atoms with E-state index in [9.17, 15) is 0 Å². The highest BCUT2D eigenvalue weighted by Crippen LogP contribution is 2.12. The molecule has 3 nitrogen and oxygen atoms in total. The Labute approximate surface area is 96.8 Å². The minimum atomic E-state index is 0.330. The van der Waals surface area contributed by atoms with Crippen LogP contribution in [0.4, 0.5) is 0 Å². The highest BCUT2D eigenvalue weighted by molar-refractivity contribution is 5.20. The lowest BCUT2D eigenvalue weighted by molar-refractivity contribution is 0.112. The van der Waals surface area contributed by atoms with E-state index in [0.717, 1.165) is 25.3 Å². The third-order valence-electron chi connectivity index (χ3n) is 2.90. The number of nitrogens with one attached hydrogen (secondary N) is 1. The van der Waals surface area contributed by atoms with E-state index >= 15 is 0 Å². The van der Waals surface area contributed by atoms with Crippen molar-refractivity contribution in [2.75, 3.05) is 19.8 Å². The zero-order valence-corrected chi connectivity index (χ0v) is 9.69. The molecule has 0 radical (unpaired) electrons. The van der Waals surface area contributed by atoms with Crippen LogP contribution in [0.1, 0.15) is 13.3 Å². The summed E-state index contributed by atoms with van der Waals surface area (Å²) in [4.78, 5) is 0. The first-order valence-corrected chi connectivity index (χ1v) is 5.89. The summed E-state index contributed by atoms with van der Waals surface area (Å²) in [7, 11) is 0. The third-order valence-corrected chi connectivity index (χ3v) is 2.90. The van der Waals surface area contributed by atoms with Crippen molar-refractivity contribution in [1.82, 2.24) is 5.32 Å². The van der Waals surface area contributed by atoms with E-state index in [0.29, 0.717) is 18.8 Å². The molecule has 1 saturated heterocycles. The Bertz CT molecular complexity index is 302. The fraction of sp³-hybridized carbons (Fsp3) is 0.538. The van der Waals surface area contributed by atoms with Gasteiger partial charge in [0.05, 0.1) is 6.10 Å². The summed E-state index contributed by atoms with van der Waals surface area (Å²) in [5, 5.41) is 3.45. The van der Waals surface area contributed by atoms with E-state index in [2.05, 4.69) is 12.2 Å². The number of ether oxygens (including phenoxy) is 2. The molecule has 1 heterocycles. The van der Waals surface area contributed by atoms with Gasteiger partial charge in [-0.1, -0.05) is 18.2 Å². The molecule has 88 valence electrons. The van der Waals surface area contributed by atoms with Crippen LogP contribution in [0, 0.1) is 0 Å². The van der Waals surface area contributed by atoms with E-state index in [-0.39, 0.29) is 0 Å². The number of hydrogen-bond acceptors (Lipinski definition) is 3. The van der Waals surface area contributed by atoms with Gasteiger partial charge in [0.2, 0.25) is 0 Å². The lowest BCUT2D eigenvalue weighted by Gasteiger charge is -2.16. The molecular formula is C13H19NO2. The van der Waals surface area contributed by atoms with Crippen molar-refractivity contribution in [3.05, 3.63) is 30.3 Å². The SMILES string of the molecule is CC1OCCC1NCCOc1ccccc1. The smallest absolute Gasteiger partial charge is 0.119 e. The fourth-order valence-electron chi connectivity index (χ4n) is 1.93. The molecule has 1 N–H and O–H groups in total. The molecule has 16 heavy (non-hydrogen) atoms. The van der Waals surface area contributed by atoms with Crippen molar-refractivity contribution in [3.8, 4) is 5.75 Å². The van der Waals surface area contributed by atoms with Gasteiger partial charge < -0.3 is 14.8 Å². The molecule has 1 aromatic carbocycles. The summed E-state index contributed by atoms with van der Waals surface area (Å²) >= 11 is 0. The van der Waals surface area contributed by atoms with Crippen LogP contribution in [0.3, 0.4) is 0 Å². The first-order chi connectivity index (χ1) is 7.86. The van der Waals surface area contributed by atoms with Crippen LogP contribution in [-0.2, 0) is 4.74 Å². The van der Waals surface area contributed by atoms with Gasteiger partial charge in [0.15, 0.2) is 0 Å². The van der Waals surface area contributed by atoms with Gasteiger partial charge in [0, 0.05) is 19.2 Å². The maximum atomic E-state index is 5.60. The average Bonchev–Trinajstić information content (AvgIpc) is 2.72. The molecule has 2 rings (SSSR count). The highest BCUT2D eigenvalue weighted by atomic mass is 16.5. The standard InChI is InChI=1S/C13H19NO2/c1-11-13(7-9-15-11)14-8-10-16-12-5-3-2-4-6-12/h2-6,11,13-14H,7-10H2,1H3. The molecule has 0 amide bonds. The Morgan fingerprint density at radius 2 is 2.19 bits per heavy atom. The maximum absolute atomic E-state index is 5.60. The van der Waals surface area contributed by atoms with Crippen molar-refractivity contribution in [3.63, 3.8) is 0 Å². The average molecular weight is 221 g/mol. The Balaban J connectivity index is 1.62. The molecule has 2 atom stereocenters. The molecule has 1 fully saturated rings. The van der Waals surface area contributed by atoms with Gasteiger partial charge in [0.25, 0.3) is 0 Å². The summed E-state index contributed by atoms with van der Waals surface area (Å²) in [5.41, 5.74) is 0. The monoisotopic (exact) mass is 221 g/mol. The maximum Gasteiger partial charge on any atom is 0.119 e. The van der Waals surface area contributed by atoms with Gasteiger partial charge >= 0.3 is 0 Å². The lowest BCUT2D eigenvalue weighted by Crippen LogP contribution is -2.37. The van der Waals surface area contributed by atoms with Gasteiger partial charge in [-0.25, -0.2) is 0 Å². The number of rotatable bonds is 5. The summed E-state index contributed by atoms with van der Waals surface area (Å²) < 4.78 is 11.1. The van der Waals surface area contributed by atoms with E-state index < -0.39 is 0 Å². The van der Waals surface area contributed by atoms with E-state index in [4.69, 9.17) is 9.47 Å². The van der Waals surface area contributed by atoms with Crippen LogP contribution in [0.25, 0.3) is 0 Å². The van der Waals surface area contributed by atoms with Crippen molar-refractivity contribution in [2.24, 2.45) is 0 Å². The predicted molar refractivity (Wildman–Crippen MR) is 63.8 cm³/mol. The first-order valence-electron chi connectivity index (χ1n) is 5.89. The summed E-state index contributed by atoms with van der Waals surface area (Å²) in [5.74, 6) is 0.931. The predicted octanol–water partition coefficient (Wildman–Crippen LogP) is 1.83. The lowest BCUT2D eigenvalue weighted by atomic mass is 10.1. The number of benzene rings is 1. The van der Waals surface area contributed by atoms with E-state index in [1.165, 1.54) is 0 Å². The van der Waals surface area contributed by atoms with Gasteiger partial charge in [0.1, 0.15) is 12.4 Å². The number of hydrogen-bond donors (Lipinski definition) is 1. The molecule has 1 aromatic rings. The second kappa shape index (κ2) is 5.87. The van der Waals surface area contributed by atoms with Gasteiger partial charge in [-0.05, 0) is 25.5 Å². The van der Waals surface area contributed by atoms with Crippen LogP contribution < -0.4 is 10.1 Å². The second-order valence-corrected chi connectivity index (χ2v) is 4.09. The van der Waals surface area contributed by atoms with Gasteiger partial charge in [-0.15, -0.1) is 0 Å². The zero-order chi connectivity index (χ0) is 11.2. The highest BCUT2D eigenvalue weighted by Gasteiger charge is 2.22. The summed E-state index contributed by atoms with van der Waals surface area (Å²) in [6.45, 7) is 4.56. The number of para-hydroxylation sites is 1. The van der Waals surface area contributed by atoms with Crippen LogP contribution in [-0.4, -0.2) is 31.9 Å². The fourth-order valence-corrected chi connectivity index (χ4v) is 1.93. The van der Waals surface area contributed by atoms with Gasteiger partial charge in [-0.3, -0.25) is 0 Å². The van der Waals surface area contributed by atoms with Crippen LogP contribution in [0.15, 0.2) is 30.3 Å². The third kappa shape index (κ3) is 3.22. The van der Waals surface area contributed by atoms with Crippen molar-refractivity contribution < 1.29 is 9.47 Å². The Morgan fingerprint density at radius 3 is 2.88 bits per heavy atom. The van der Waals surface area contributed by atoms with Crippen LogP contribution in [0.2, 0.25) is 0 Å². The molecule has 0 saturated carbocycles. The second-order valence-electron chi connectivity index (χ2n) is 4.09. The molecule has 0 aromatic heterocycles. The van der Waals surface area contributed by atoms with Crippen molar-refractivity contribution >= 4 is 0 Å². The molecule has 3 heteroatoms. The van der Waals surface area contributed by atoms with Crippen molar-refractivity contribution in [1.29, 1.82) is 0 Å². The largest absolute Gasteiger partial charge is 0.492 e. The van der Waals surface area contributed by atoms with Crippen LogP contribution in [0.5, 0.6) is 5.75 Å². The first kappa shape index (κ1) is 11.4. The zero-order valence-electron chi connectivity index (χ0n) is 9.69. The molecule has 1 aliphatic heterocycles. The minimum absolute atomic E-state index is 0.330. The van der Waals surface area contributed by atoms with Crippen LogP contribution >= 0.6 is 0 Å². The molecule has 1 aliphatic rings. The normalized spacial score (nSPS) is 24.6. The molecule has 0 aliphatic carbocycles. The molecule has 0 spiro atoms. The summed E-state index contributed by atoms with van der Waals surface area (Å²) in [6, 6.07) is 10.4. The molecule has 0 bridgehead atoms. The summed E-state index contributed by atoms with van der Waals surface area (Å²) in [6.07, 6.45) is 1.43. The quantitative estimate of drug-likeness (QED) is 0.769. The van der Waals surface area contributed by atoms with Crippen molar-refractivity contribution in [2.45, 2.75) is 25.5 Å². The Morgan fingerprint density at radius 1 is 1.38 bits per heavy atom. The topological polar surface area (TPSA) is 30.5 Å². The van der Waals surface area contributed by atoms with Gasteiger partial charge in [-0.2, -0.15) is 0 Å². The molecule has 2 unspecified atom stereocenters. The minimum Gasteiger partial charge on any atom is -0.492 e. The Hall–Kier alpha value is -1.06. The van der Waals surface area contributed by atoms with E-state index in [1.807, 2.05) is 30.3 Å². The Kier molecular flexibility index (Phi) is 4.19. The molecular weight excluding hydrogens is 202 g/mol.